The number of nitrogens with one attached hydrogen (secondary N) is 3. The van der Waals surface area contributed by atoms with Gasteiger partial charge >= 0.3 is 0 Å². The molecule has 0 bridgehead atoms. The zero-order chi connectivity index (χ0) is 30.7. The number of thioether (sulfide) groups is 1. The number of oxime groups is 1. The van der Waals surface area contributed by atoms with E-state index in [1.54, 1.807) is 54.5 Å². The fourth-order valence-electron chi connectivity index (χ4n) is 4.43. The van der Waals surface area contributed by atoms with Crippen LogP contribution < -0.4 is 26.0 Å². The van der Waals surface area contributed by atoms with Crippen LogP contribution in [0.15, 0.2) is 53.2 Å². The summed E-state index contributed by atoms with van der Waals surface area (Å²) in [4.78, 5) is 63.0. The molecule has 18 heteroatoms. The first-order valence-electron chi connectivity index (χ1n) is 12.6. The number of H-pyrrole nitrogens is 1. The molecule has 0 radical (unpaired) electrons. The highest BCUT2D eigenvalue weighted by atomic mass is 32.2. The summed E-state index contributed by atoms with van der Waals surface area (Å²) in [5, 5.41) is 28.6. The lowest BCUT2D eigenvalue weighted by molar-refractivity contribution is -0.689. The Morgan fingerprint density at radius 3 is 2.77 bits per heavy atom. The number of aromatic amines is 1. The van der Waals surface area contributed by atoms with Crippen molar-refractivity contribution in [2.24, 2.45) is 5.16 Å². The van der Waals surface area contributed by atoms with Crippen LogP contribution in [0.4, 0.5) is 5.13 Å². The standard InChI is InChI=1S/C25H22N10O6S2/c1-2-41-32-16(19-31-25(27)43-33-19)21(37)30-17-22(38)35-18(24(39)40)14(10-42-23(17)35)9-34-5-3-12(4-6-34)13-7-15(28-8-13)20(36)29-11-26/h3-8,17,23H,2,9-10H2,1H3,(H5,27,29,30,31,33,36,37,39,40)/b32-16-/t17-,23-/m1/s1. The van der Waals surface area contributed by atoms with Crippen molar-refractivity contribution in [1.29, 1.82) is 5.26 Å². The number of rotatable bonds is 10. The van der Waals surface area contributed by atoms with Crippen molar-refractivity contribution >= 4 is 57.8 Å². The molecule has 1 fully saturated rings. The van der Waals surface area contributed by atoms with Crippen LogP contribution in [0.3, 0.4) is 0 Å². The highest BCUT2D eigenvalue weighted by molar-refractivity contribution is 8.00. The van der Waals surface area contributed by atoms with Gasteiger partial charge in [0.25, 0.3) is 17.7 Å². The van der Waals surface area contributed by atoms with Gasteiger partial charge in [-0.05, 0) is 18.6 Å². The Morgan fingerprint density at radius 2 is 2.12 bits per heavy atom. The summed E-state index contributed by atoms with van der Waals surface area (Å²) < 4.78 is 5.71. The van der Waals surface area contributed by atoms with Gasteiger partial charge in [-0.25, -0.2) is 4.57 Å². The van der Waals surface area contributed by atoms with Crippen molar-refractivity contribution in [3.8, 4) is 17.3 Å². The lowest BCUT2D eigenvalue weighted by atomic mass is 10.0. The molecule has 1 saturated heterocycles. The van der Waals surface area contributed by atoms with Crippen molar-refractivity contribution in [1.82, 2.24) is 29.9 Å². The SMILES string of the molecule is CCO/N=C(\C(=O)N[C@@H]1C(=O)N2C(C(=O)[O-])=C(C[n+]3ccc(-c4c[nH]c(C(=O)NC#N)c4)cc3)CS[C@H]12)c1nsc(N)n1. The van der Waals surface area contributed by atoms with Gasteiger partial charge in [-0.15, -0.1) is 11.8 Å². The molecule has 43 heavy (non-hydrogen) atoms. The number of carbonyl (C=O) groups excluding carboxylic acids is 4. The minimum Gasteiger partial charge on any atom is -0.543 e. The van der Waals surface area contributed by atoms with E-state index in [4.69, 9.17) is 15.8 Å². The van der Waals surface area contributed by atoms with Gasteiger partial charge in [0.2, 0.25) is 11.5 Å². The van der Waals surface area contributed by atoms with Crippen LogP contribution in [0.25, 0.3) is 11.1 Å². The first-order valence-corrected chi connectivity index (χ1v) is 14.4. The number of carbonyl (C=O) groups is 4. The third kappa shape index (κ3) is 5.89. The maximum absolute atomic E-state index is 13.1. The number of carboxylic acid groups (broad SMARTS) is 1. The number of anilines is 1. The topological polar surface area (TPSA) is 235 Å². The van der Waals surface area contributed by atoms with E-state index in [2.05, 4.69) is 24.8 Å². The second-order valence-corrected chi connectivity index (χ2v) is 10.9. The van der Waals surface area contributed by atoms with Gasteiger partial charge in [-0.2, -0.15) is 14.6 Å². The normalized spacial score (nSPS) is 17.9. The molecule has 0 saturated carbocycles. The van der Waals surface area contributed by atoms with E-state index in [9.17, 15) is 24.3 Å². The van der Waals surface area contributed by atoms with Crippen LogP contribution in [0.5, 0.6) is 0 Å². The van der Waals surface area contributed by atoms with Crippen LogP contribution >= 0.6 is 23.3 Å². The highest BCUT2D eigenvalue weighted by Gasteiger charge is 2.53. The number of nitrogens with zero attached hydrogens (tertiary/aromatic N) is 6. The summed E-state index contributed by atoms with van der Waals surface area (Å²) in [7, 11) is 0. The van der Waals surface area contributed by atoms with E-state index in [0.717, 1.165) is 22.0 Å². The van der Waals surface area contributed by atoms with E-state index >= 15 is 0 Å². The van der Waals surface area contributed by atoms with Crippen LogP contribution in [0, 0.1) is 11.5 Å². The number of nitriles is 1. The van der Waals surface area contributed by atoms with E-state index < -0.39 is 35.1 Å². The van der Waals surface area contributed by atoms with Gasteiger partial charge in [0.05, 0.1) is 11.7 Å². The maximum Gasteiger partial charge on any atom is 0.280 e. The van der Waals surface area contributed by atoms with Crippen LogP contribution in [-0.4, -0.2) is 72.4 Å². The summed E-state index contributed by atoms with van der Waals surface area (Å²) in [5.74, 6) is -3.25. The number of amides is 3. The second-order valence-electron chi connectivity index (χ2n) is 9.04. The van der Waals surface area contributed by atoms with Gasteiger partial charge < -0.3 is 30.8 Å². The maximum atomic E-state index is 13.1. The van der Waals surface area contributed by atoms with Gasteiger partial charge in [0, 0.05) is 46.8 Å². The highest BCUT2D eigenvalue weighted by Crippen LogP contribution is 2.40. The molecule has 5 N–H and O–H groups in total. The van der Waals surface area contributed by atoms with E-state index in [1.165, 1.54) is 11.8 Å². The quantitative estimate of drug-likeness (QED) is 0.0505. The molecule has 0 aromatic carbocycles. The van der Waals surface area contributed by atoms with Crippen LogP contribution in [0.1, 0.15) is 23.2 Å². The Balaban J connectivity index is 1.29. The molecule has 5 heterocycles. The largest absolute Gasteiger partial charge is 0.543 e. The molecule has 220 valence electrons. The van der Waals surface area contributed by atoms with Gasteiger partial charge in [-0.3, -0.25) is 24.6 Å². The summed E-state index contributed by atoms with van der Waals surface area (Å²) >= 11 is 2.16. The molecule has 3 amide bonds. The Labute approximate surface area is 251 Å². The Bertz CT molecular complexity index is 1710. The molecule has 3 aromatic rings. The van der Waals surface area contributed by atoms with Crippen molar-refractivity contribution in [3.63, 3.8) is 0 Å². The molecule has 2 atom stereocenters. The van der Waals surface area contributed by atoms with Crippen molar-refractivity contribution in [2.75, 3.05) is 18.1 Å². The lowest BCUT2D eigenvalue weighted by Gasteiger charge is -2.50. The Morgan fingerprint density at radius 1 is 1.35 bits per heavy atom. The molecular formula is C25H22N10O6S2. The number of aromatic nitrogens is 4. The molecular weight excluding hydrogens is 600 g/mol. The fraction of sp³-hybridized carbons (Fsp3) is 0.240. The number of pyridine rings is 1. The molecule has 3 aromatic heterocycles. The van der Waals surface area contributed by atoms with Crippen molar-refractivity contribution in [3.05, 3.63) is 59.6 Å². The van der Waals surface area contributed by atoms with E-state index in [-0.39, 0.29) is 47.0 Å². The number of hydrogen-bond acceptors (Lipinski definition) is 13. The van der Waals surface area contributed by atoms with Crippen molar-refractivity contribution in [2.45, 2.75) is 24.9 Å². The smallest absolute Gasteiger partial charge is 0.280 e. The Kier molecular flexibility index (Phi) is 8.36. The number of aliphatic carboxylic acids is 1. The van der Waals surface area contributed by atoms with E-state index in [1.807, 2.05) is 5.32 Å². The molecule has 16 nitrogen and oxygen atoms in total. The Hall–Kier alpha value is -5.28. The van der Waals surface area contributed by atoms with Crippen LogP contribution in [-0.2, 0) is 25.8 Å². The fourth-order valence-corrected chi connectivity index (χ4v) is 6.20. The second kappa shape index (κ2) is 12.3. The molecule has 0 aliphatic carbocycles. The molecule has 0 spiro atoms. The van der Waals surface area contributed by atoms with Gasteiger partial charge in [-0.1, -0.05) is 5.16 Å². The molecule has 0 unspecified atom stereocenters. The van der Waals surface area contributed by atoms with Crippen LogP contribution in [0.2, 0.25) is 0 Å². The number of hydrogen-bond donors (Lipinski definition) is 4. The predicted molar refractivity (Wildman–Crippen MR) is 149 cm³/mol. The average Bonchev–Trinajstić information content (AvgIpc) is 3.66. The van der Waals surface area contributed by atoms with Gasteiger partial charge in [0.15, 0.2) is 30.3 Å². The average molecular weight is 623 g/mol. The third-order valence-corrected chi connectivity index (χ3v) is 8.26. The van der Waals surface area contributed by atoms with Crippen molar-refractivity contribution < 1.29 is 33.7 Å². The minimum atomic E-state index is -1.51. The monoisotopic (exact) mass is 622 g/mol. The van der Waals surface area contributed by atoms with Gasteiger partial charge in [0.1, 0.15) is 23.7 Å². The lowest BCUT2D eigenvalue weighted by Crippen LogP contribution is -2.71. The summed E-state index contributed by atoms with van der Waals surface area (Å²) in [6.45, 7) is 2.00. The number of nitrogens with two attached hydrogens (primary N) is 1. The summed E-state index contributed by atoms with van der Waals surface area (Å²) in [6.07, 6.45) is 6.66. The summed E-state index contributed by atoms with van der Waals surface area (Å²) in [5.41, 5.74) is 7.27. The molecule has 2 aliphatic rings. The number of β-lactam (4-membered cyclic amide) rings is 1. The zero-order valence-electron chi connectivity index (χ0n) is 22.3. The summed E-state index contributed by atoms with van der Waals surface area (Å²) in [6, 6.07) is 4.13. The first kappa shape index (κ1) is 29.2. The first-order chi connectivity index (χ1) is 20.7. The number of nitrogen functional groups attached to an aromatic ring is 1. The number of fused-ring (bicyclic) bond motifs is 1. The number of carboxylic acids is 1. The predicted octanol–water partition coefficient (Wildman–Crippen LogP) is -1.54. The molecule has 5 rings (SSSR count). The third-order valence-electron chi connectivity index (χ3n) is 6.38. The minimum absolute atomic E-state index is 0.0598. The van der Waals surface area contributed by atoms with E-state index in [0.29, 0.717) is 11.1 Å². The zero-order valence-corrected chi connectivity index (χ0v) is 23.9. The molecule has 2 aliphatic heterocycles.